The molecule has 0 heterocycles. The first kappa shape index (κ1) is 23.5. The summed E-state index contributed by atoms with van der Waals surface area (Å²) in [4.78, 5) is 10.1. The van der Waals surface area contributed by atoms with E-state index in [2.05, 4.69) is 6.07 Å². The second-order valence-corrected chi connectivity index (χ2v) is 6.37. The number of rotatable bonds is 4. The van der Waals surface area contributed by atoms with Crippen LogP contribution in [0.15, 0.2) is 30.3 Å². The van der Waals surface area contributed by atoms with Gasteiger partial charge in [0.25, 0.3) is 5.69 Å². The molecule has 2 aromatic rings. The van der Waals surface area contributed by atoms with Crippen molar-refractivity contribution >= 4 is 5.69 Å². The predicted octanol–water partition coefficient (Wildman–Crippen LogP) is 6.60. The molecule has 0 aliphatic carbocycles. The highest BCUT2D eigenvalue weighted by molar-refractivity contribution is 5.80. The van der Waals surface area contributed by atoms with Gasteiger partial charge < -0.3 is 0 Å². The summed E-state index contributed by atoms with van der Waals surface area (Å²) in [7, 11) is 0. The summed E-state index contributed by atoms with van der Waals surface area (Å²) in [5.74, 6) is -6.91. The molecule has 0 N–H and O–H groups in total. The molecule has 0 aliphatic heterocycles. The van der Waals surface area contributed by atoms with Crippen molar-refractivity contribution in [1.29, 1.82) is 0 Å². The van der Waals surface area contributed by atoms with E-state index >= 15 is 4.39 Å². The van der Waals surface area contributed by atoms with Crippen LogP contribution in [-0.4, -0.2) is 23.2 Å². The first-order valence-electron chi connectivity index (χ1n) is 7.94. The maximum Gasteiger partial charge on any atom is 0.457 e. The minimum absolute atomic E-state index is 0.131. The maximum atomic E-state index is 15.2. The molecule has 2 rings (SSSR count). The van der Waals surface area contributed by atoms with Crippen LogP contribution < -0.4 is 0 Å². The van der Waals surface area contributed by atoms with Gasteiger partial charge in [0.2, 0.25) is 0 Å². The van der Waals surface area contributed by atoms with Crippen LogP contribution in [0.3, 0.4) is 0 Å². The van der Waals surface area contributed by atoms with Crippen LogP contribution in [-0.2, 0) is 5.67 Å². The Morgan fingerprint density at radius 1 is 0.900 bits per heavy atom. The smallest absolute Gasteiger partial charge is 0.258 e. The number of alkyl halides is 9. The third-order valence-corrected chi connectivity index (χ3v) is 4.31. The number of halogens is 9. The van der Waals surface area contributed by atoms with Gasteiger partial charge in [-0.2, -0.15) is 35.1 Å². The second-order valence-electron chi connectivity index (χ2n) is 6.37. The van der Waals surface area contributed by atoms with Crippen molar-refractivity contribution in [2.24, 2.45) is 0 Å². The van der Waals surface area contributed by atoms with E-state index < -0.39 is 56.8 Å². The van der Waals surface area contributed by atoms with Crippen LogP contribution in [0, 0.1) is 30.0 Å². The Hall–Kier alpha value is -2.79. The van der Waals surface area contributed by atoms with Crippen molar-refractivity contribution in [2.75, 3.05) is 0 Å². The number of nitro benzene ring substituents is 1. The normalized spacial score (nSPS) is 15.0. The Morgan fingerprint density at radius 2 is 1.43 bits per heavy atom. The molecule has 1 atom stereocenters. The molecule has 0 aliphatic rings. The summed E-state index contributed by atoms with van der Waals surface area (Å²) < 4.78 is 122. The fraction of sp³-hybridized carbons (Fsp3) is 0.333. The topological polar surface area (TPSA) is 43.1 Å². The molecule has 30 heavy (non-hydrogen) atoms. The number of hydrogen-bond donors (Lipinski definition) is 0. The Kier molecular flexibility index (Phi) is 5.61. The molecule has 0 saturated carbocycles. The molecular formula is C18H11F9NO2. The van der Waals surface area contributed by atoms with Gasteiger partial charge in [-0.3, -0.25) is 10.1 Å². The first-order chi connectivity index (χ1) is 13.5. The minimum Gasteiger partial charge on any atom is -0.258 e. The van der Waals surface area contributed by atoms with Crippen LogP contribution in [0.1, 0.15) is 16.7 Å². The highest BCUT2D eigenvalue weighted by Gasteiger charge is 2.82. The Balaban J connectivity index is 3.09. The number of benzene rings is 2. The molecule has 2 aromatic carbocycles. The van der Waals surface area contributed by atoms with Gasteiger partial charge in [0.1, 0.15) is 0 Å². The van der Waals surface area contributed by atoms with Crippen molar-refractivity contribution in [2.45, 2.75) is 37.8 Å². The molecule has 163 valence electrons. The molecular weight excluding hydrogens is 433 g/mol. The summed E-state index contributed by atoms with van der Waals surface area (Å²) in [5, 5.41) is 11.2. The number of hydrogen-bond acceptors (Lipinski definition) is 2. The van der Waals surface area contributed by atoms with E-state index in [1.54, 1.807) is 0 Å². The average Bonchev–Trinajstić information content (AvgIpc) is 2.58. The Morgan fingerprint density at radius 3 is 1.90 bits per heavy atom. The number of nitro groups is 1. The SMILES string of the molecule is Cc1[c]c(C)c(-c2ccccc2[N+](=O)[O-])c(C(F)(C(F)(F)F)C(F)(F)C(F)(F)F)c1. The lowest BCUT2D eigenvalue weighted by Crippen LogP contribution is -2.60. The van der Waals surface area contributed by atoms with Crippen molar-refractivity contribution < 1.29 is 44.4 Å². The molecule has 1 unspecified atom stereocenters. The number of aryl methyl sites for hydroxylation is 2. The quantitative estimate of drug-likeness (QED) is 0.303. The molecule has 3 nitrogen and oxygen atoms in total. The average molecular weight is 444 g/mol. The Labute approximate surface area is 163 Å². The summed E-state index contributed by atoms with van der Waals surface area (Å²) in [6, 6.07) is 6.27. The van der Waals surface area contributed by atoms with Gasteiger partial charge in [0.15, 0.2) is 0 Å². The van der Waals surface area contributed by atoms with Crippen LogP contribution in [0.2, 0.25) is 0 Å². The van der Waals surface area contributed by atoms with Gasteiger partial charge in [0.05, 0.1) is 10.5 Å². The predicted molar refractivity (Wildman–Crippen MR) is 86.7 cm³/mol. The van der Waals surface area contributed by atoms with E-state index in [0.717, 1.165) is 38.1 Å². The van der Waals surface area contributed by atoms with Crippen LogP contribution >= 0.6 is 0 Å². The lowest BCUT2D eigenvalue weighted by atomic mass is 9.80. The van der Waals surface area contributed by atoms with Gasteiger partial charge in [-0.05, 0) is 42.7 Å². The van der Waals surface area contributed by atoms with Crippen LogP contribution in [0.25, 0.3) is 11.1 Å². The van der Waals surface area contributed by atoms with E-state index in [9.17, 15) is 45.2 Å². The minimum atomic E-state index is -6.92. The van der Waals surface area contributed by atoms with Gasteiger partial charge >= 0.3 is 23.9 Å². The van der Waals surface area contributed by atoms with E-state index in [0.29, 0.717) is 0 Å². The number of nitrogens with zero attached hydrogens (tertiary/aromatic N) is 1. The second kappa shape index (κ2) is 7.17. The van der Waals surface area contributed by atoms with Gasteiger partial charge in [-0.25, -0.2) is 4.39 Å². The van der Waals surface area contributed by atoms with Crippen molar-refractivity contribution in [3.63, 3.8) is 0 Å². The zero-order valence-electron chi connectivity index (χ0n) is 15.1. The lowest BCUT2D eigenvalue weighted by Gasteiger charge is -2.37. The maximum absolute atomic E-state index is 15.2. The van der Waals surface area contributed by atoms with Gasteiger partial charge in [-0.15, -0.1) is 0 Å². The summed E-state index contributed by atoms with van der Waals surface area (Å²) in [5.41, 5.74) is -12.0. The fourth-order valence-corrected chi connectivity index (χ4v) is 3.04. The fourth-order valence-electron chi connectivity index (χ4n) is 3.04. The monoisotopic (exact) mass is 444 g/mol. The van der Waals surface area contributed by atoms with Crippen molar-refractivity contribution in [3.8, 4) is 11.1 Å². The Bertz CT molecular complexity index is 983. The van der Waals surface area contributed by atoms with E-state index in [1.807, 2.05) is 0 Å². The molecule has 0 amide bonds. The molecule has 0 saturated heterocycles. The van der Waals surface area contributed by atoms with Crippen molar-refractivity contribution in [1.82, 2.24) is 0 Å². The summed E-state index contributed by atoms with van der Waals surface area (Å²) in [6.07, 6.45) is -13.6. The zero-order chi connectivity index (χ0) is 23.3. The molecule has 12 heteroatoms. The highest BCUT2D eigenvalue weighted by Crippen LogP contribution is 2.60. The first-order valence-corrected chi connectivity index (χ1v) is 7.94. The molecule has 0 spiro atoms. The van der Waals surface area contributed by atoms with E-state index in [1.165, 1.54) is 0 Å². The summed E-state index contributed by atoms with van der Waals surface area (Å²) in [6.45, 7) is 1.97. The van der Waals surface area contributed by atoms with Crippen molar-refractivity contribution in [3.05, 3.63) is 63.2 Å². The molecule has 0 bridgehead atoms. The standard InChI is InChI=1S/C18H11F9NO2/c1-9-7-10(2)14(11-5-3-4-6-13(11)28(29)30)12(8-9)15(19,17(22,23)24)16(20,21)18(25,26)27/h3-6,8H,1-2H3. The third-order valence-electron chi connectivity index (χ3n) is 4.31. The third kappa shape index (κ3) is 3.47. The van der Waals surface area contributed by atoms with Gasteiger partial charge in [-0.1, -0.05) is 18.2 Å². The van der Waals surface area contributed by atoms with E-state index in [4.69, 9.17) is 0 Å². The summed E-state index contributed by atoms with van der Waals surface area (Å²) >= 11 is 0. The molecule has 0 fully saturated rings. The number of para-hydroxylation sites is 1. The zero-order valence-corrected chi connectivity index (χ0v) is 15.1. The highest BCUT2D eigenvalue weighted by atomic mass is 19.4. The lowest BCUT2D eigenvalue weighted by molar-refractivity contribution is -0.389. The van der Waals surface area contributed by atoms with Crippen LogP contribution in [0.4, 0.5) is 45.2 Å². The molecule has 1 radical (unpaired) electrons. The van der Waals surface area contributed by atoms with Gasteiger partial charge in [0, 0.05) is 11.6 Å². The molecule has 0 aromatic heterocycles. The van der Waals surface area contributed by atoms with E-state index in [-0.39, 0.29) is 11.6 Å². The largest absolute Gasteiger partial charge is 0.457 e. The van der Waals surface area contributed by atoms with Crippen LogP contribution in [0.5, 0.6) is 0 Å².